The first-order valence-electron chi connectivity index (χ1n) is 8.58. The van der Waals surface area contributed by atoms with Crippen molar-refractivity contribution in [3.63, 3.8) is 0 Å². The van der Waals surface area contributed by atoms with Gasteiger partial charge in [0.1, 0.15) is 5.82 Å². The van der Waals surface area contributed by atoms with Crippen molar-refractivity contribution >= 4 is 22.7 Å². The third-order valence-corrected chi connectivity index (χ3v) is 5.74. The number of hydrogen-bond acceptors (Lipinski definition) is 6. The molecule has 1 spiro atoms. The highest BCUT2D eigenvalue weighted by atomic mass is 16.5. The molecule has 1 aliphatic carbocycles. The summed E-state index contributed by atoms with van der Waals surface area (Å²) in [6, 6.07) is 3.71. The second-order valence-corrected chi connectivity index (χ2v) is 6.97. The van der Waals surface area contributed by atoms with Crippen molar-refractivity contribution in [3.8, 4) is 11.5 Å². The summed E-state index contributed by atoms with van der Waals surface area (Å²) in [4.78, 5) is 11.5. The van der Waals surface area contributed by atoms with Crippen molar-refractivity contribution < 1.29 is 9.47 Å². The topological polar surface area (TPSA) is 73.5 Å². The number of rotatable bonds is 3. The van der Waals surface area contributed by atoms with Crippen molar-refractivity contribution in [2.24, 2.45) is 5.41 Å². The molecule has 1 aromatic heterocycles. The van der Waals surface area contributed by atoms with E-state index in [0.717, 1.165) is 29.9 Å². The van der Waals surface area contributed by atoms with Gasteiger partial charge in [0, 0.05) is 24.5 Å². The van der Waals surface area contributed by atoms with Gasteiger partial charge in [0.25, 0.3) is 0 Å². The molecule has 1 aromatic carbocycles. The van der Waals surface area contributed by atoms with E-state index >= 15 is 0 Å². The van der Waals surface area contributed by atoms with E-state index in [1.165, 1.54) is 32.1 Å². The summed E-state index contributed by atoms with van der Waals surface area (Å²) in [6.07, 6.45) is 6.64. The summed E-state index contributed by atoms with van der Waals surface area (Å²) < 4.78 is 10.7. The smallest absolute Gasteiger partial charge is 0.227 e. The number of methoxy groups -OCH3 is 2. The van der Waals surface area contributed by atoms with Gasteiger partial charge >= 0.3 is 0 Å². The van der Waals surface area contributed by atoms with E-state index in [1.54, 1.807) is 14.2 Å². The highest BCUT2D eigenvalue weighted by molar-refractivity contribution is 5.91. The molecule has 2 aromatic rings. The molecule has 0 unspecified atom stereocenters. The zero-order valence-electron chi connectivity index (χ0n) is 14.3. The van der Waals surface area contributed by atoms with Crippen LogP contribution < -0.4 is 20.1 Å². The minimum atomic E-state index is 0.486. The molecule has 2 aliphatic rings. The van der Waals surface area contributed by atoms with E-state index in [9.17, 15) is 0 Å². The molecule has 2 N–H and O–H groups in total. The van der Waals surface area contributed by atoms with Gasteiger partial charge in [-0.2, -0.15) is 4.98 Å². The highest BCUT2D eigenvalue weighted by Crippen LogP contribution is 2.49. The Morgan fingerprint density at radius 2 is 1.67 bits per heavy atom. The van der Waals surface area contributed by atoms with E-state index in [4.69, 9.17) is 20.2 Å². The number of ether oxygens (including phenoxy) is 2. The van der Waals surface area contributed by atoms with Crippen LogP contribution in [0.1, 0.15) is 32.1 Å². The monoisotopic (exact) mass is 328 g/mol. The summed E-state index contributed by atoms with van der Waals surface area (Å²) in [5.74, 6) is 2.50. The van der Waals surface area contributed by atoms with E-state index in [-0.39, 0.29) is 0 Å². The second kappa shape index (κ2) is 5.69. The predicted octanol–water partition coefficient (Wildman–Crippen LogP) is 3.00. The number of anilines is 2. The zero-order valence-corrected chi connectivity index (χ0v) is 14.3. The molecule has 128 valence electrons. The molecule has 0 bridgehead atoms. The summed E-state index contributed by atoms with van der Waals surface area (Å²) in [5, 5.41) is 0.795. The maximum atomic E-state index is 6.20. The Morgan fingerprint density at radius 3 is 2.25 bits per heavy atom. The number of aromatic nitrogens is 2. The molecule has 0 atom stereocenters. The van der Waals surface area contributed by atoms with Crippen LogP contribution in [0.25, 0.3) is 10.9 Å². The maximum Gasteiger partial charge on any atom is 0.227 e. The SMILES string of the molecule is COc1cc2nc(N3CCC4(CCC4)CC3)nc(N)c2cc1OC. The van der Waals surface area contributed by atoms with Crippen LogP contribution in [0, 0.1) is 5.41 Å². The number of benzene rings is 1. The maximum absolute atomic E-state index is 6.20. The number of nitrogens with zero attached hydrogens (tertiary/aromatic N) is 3. The van der Waals surface area contributed by atoms with Crippen LogP contribution >= 0.6 is 0 Å². The van der Waals surface area contributed by atoms with E-state index < -0.39 is 0 Å². The fourth-order valence-electron chi connectivity index (χ4n) is 3.97. The molecule has 1 saturated heterocycles. The predicted molar refractivity (Wildman–Crippen MR) is 94.8 cm³/mol. The van der Waals surface area contributed by atoms with Crippen molar-refractivity contribution in [1.82, 2.24) is 9.97 Å². The van der Waals surface area contributed by atoms with Gasteiger partial charge in [-0.3, -0.25) is 0 Å². The van der Waals surface area contributed by atoms with Gasteiger partial charge < -0.3 is 20.1 Å². The highest BCUT2D eigenvalue weighted by Gasteiger charge is 2.40. The van der Waals surface area contributed by atoms with Crippen molar-refractivity contribution in [1.29, 1.82) is 0 Å². The van der Waals surface area contributed by atoms with Gasteiger partial charge in [0.15, 0.2) is 11.5 Å². The van der Waals surface area contributed by atoms with Gasteiger partial charge in [-0.25, -0.2) is 4.98 Å². The number of hydrogen-bond donors (Lipinski definition) is 1. The van der Waals surface area contributed by atoms with E-state index in [0.29, 0.717) is 22.7 Å². The lowest BCUT2D eigenvalue weighted by atomic mass is 9.63. The molecule has 2 fully saturated rings. The lowest BCUT2D eigenvalue weighted by molar-refractivity contribution is 0.0951. The van der Waals surface area contributed by atoms with Crippen molar-refractivity contribution in [2.75, 3.05) is 37.9 Å². The van der Waals surface area contributed by atoms with Crippen LogP contribution in [-0.2, 0) is 0 Å². The van der Waals surface area contributed by atoms with Crippen LogP contribution in [0.2, 0.25) is 0 Å². The number of nitrogens with two attached hydrogens (primary N) is 1. The molecule has 24 heavy (non-hydrogen) atoms. The summed E-state index contributed by atoms with van der Waals surface area (Å²) in [5.41, 5.74) is 7.59. The average molecular weight is 328 g/mol. The molecule has 6 nitrogen and oxygen atoms in total. The fourth-order valence-corrected chi connectivity index (χ4v) is 3.97. The summed E-state index contributed by atoms with van der Waals surface area (Å²) >= 11 is 0. The minimum Gasteiger partial charge on any atom is -0.493 e. The summed E-state index contributed by atoms with van der Waals surface area (Å²) in [7, 11) is 3.23. The Kier molecular flexibility index (Phi) is 3.62. The Morgan fingerprint density at radius 1 is 1.00 bits per heavy atom. The van der Waals surface area contributed by atoms with E-state index in [2.05, 4.69) is 9.88 Å². The number of nitrogen functional groups attached to an aromatic ring is 1. The van der Waals surface area contributed by atoms with E-state index in [1.807, 2.05) is 12.1 Å². The third kappa shape index (κ3) is 2.41. The Hall–Kier alpha value is -2.24. The standard InChI is InChI=1S/C18H24N4O2/c1-23-14-10-12-13(11-15(14)24-2)20-17(21-16(12)19)22-8-6-18(7-9-22)4-3-5-18/h10-11H,3-9H2,1-2H3,(H2,19,20,21). The van der Waals surface area contributed by atoms with Crippen molar-refractivity contribution in [3.05, 3.63) is 12.1 Å². The lowest BCUT2D eigenvalue weighted by Gasteiger charge is -2.48. The van der Waals surface area contributed by atoms with Gasteiger partial charge in [0.05, 0.1) is 19.7 Å². The lowest BCUT2D eigenvalue weighted by Crippen LogP contribution is -2.44. The molecule has 4 rings (SSSR count). The van der Waals surface area contributed by atoms with Crippen molar-refractivity contribution in [2.45, 2.75) is 32.1 Å². The number of piperidine rings is 1. The molecular weight excluding hydrogens is 304 g/mol. The van der Waals surface area contributed by atoms with Gasteiger partial charge in [-0.05, 0) is 37.2 Å². The Bertz CT molecular complexity index is 763. The Balaban J connectivity index is 1.67. The van der Waals surface area contributed by atoms with Crippen LogP contribution in [-0.4, -0.2) is 37.3 Å². The normalized spacial score (nSPS) is 19.3. The van der Waals surface area contributed by atoms with Gasteiger partial charge in [-0.1, -0.05) is 6.42 Å². The average Bonchev–Trinajstić information content (AvgIpc) is 2.59. The molecule has 1 saturated carbocycles. The largest absolute Gasteiger partial charge is 0.493 e. The van der Waals surface area contributed by atoms with Crippen LogP contribution in [0.15, 0.2) is 12.1 Å². The third-order valence-electron chi connectivity index (χ3n) is 5.74. The molecule has 2 heterocycles. The van der Waals surface area contributed by atoms with Crippen LogP contribution in [0.5, 0.6) is 11.5 Å². The molecular formula is C18H24N4O2. The van der Waals surface area contributed by atoms with Crippen LogP contribution in [0.4, 0.5) is 11.8 Å². The molecule has 6 heteroatoms. The first-order valence-corrected chi connectivity index (χ1v) is 8.58. The van der Waals surface area contributed by atoms with Gasteiger partial charge in [0.2, 0.25) is 5.95 Å². The molecule has 0 radical (unpaired) electrons. The Labute approximate surface area is 142 Å². The minimum absolute atomic E-state index is 0.486. The zero-order chi connectivity index (χ0) is 16.7. The summed E-state index contributed by atoms with van der Waals surface area (Å²) in [6.45, 7) is 2.02. The quantitative estimate of drug-likeness (QED) is 0.934. The first kappa shape index (κ1) is 15.3. The second-order valence-electron chi connectivity index (χ2n) is 6.97. The first-order chi connectivity index (χ1) is 11.6. The van der Waals surface area contributed by atoms with Gasteiger partial charge in [-0.15, -0.1) is 0 Å². The number of fused-ring (bicyclic) bond motifs is 1. The fraction of sp³-hybridized carbons (Fsp3) is 0.556. The molecule has 1 aliphatic heterocycles. The molecule has 0 amide bonds. The van der Waals surface area contributed by atoms with Crippen LogP contribution in [0.3, 0.4) is 0 Å².